The number of hydrogen-bond donors (Lipinski definition) is 0. The molecule has 0 saturated carbocycles. The van der Waals surface area contributed by atoms with Gasteiger partial charge >= 0.3 is 0 Å². The Labute approximate surface area is 148 Å². The van der Waals surface area contributed by atoms with Crippen LogP contribution in [-0.2, 0) is 0 Å². The molecule has 25 heavy (non-hydrogen) atoms. The van der Waals surface area contributed by atoms with E-state index >= 15 is 0 Å². The third kappa shape index (κ3) is 3.87. The van der Waals surface area contributed by atoms with Gasteiger partial charge in [0.05, 0.1) is 16.9 Å². The highest BCUT2D eigenvalue weighted by molar-refractivity contribution is 5.99. The lowest BCUT2D eigenvalue weighted by Gasteiger charge is -2.24. The van der Waals surface area contributed by atoms with Gasteiger partial charge < -0.3 is 14.7 Å². The van der Waals surface area contributed by atoms with E-state index in [0.29, 0.717) is 12.1 Å². The van der Waals surface area contributed by atoms with Gasteiger partial charge in [-0.25, -0.2) is 0 Å². The van der Waals surface area contributed by atoms with Crippen LogP contribution in [0, 0.1) is 6.92 Å². The number of carbonyl (C=O) groups excluding carboxylic acids is 1. The van der Waals surface area contributed by atoms with Crippen molar-refractivity contribution in [2.24, 2.45) is 0 Å². The van der Waals surface area contributed by atoms with Crippen LogP contribution in [0.4, 0.5) is 11.5 Å². The monoisotopic (exact) mass is 340 g/mol. The van der Waals surface area contributed by atoms with Crippen LogP contribution in [0.25, 0.3) is 0 Å². The van der Waals surface area contributed by atoms with Crippen molar-refractivity contribution in [2.45, 2.75) is 13.3 Å². The molecule has 1 aliphatic heterocycles. The van der Waals surface area contributed by atoms with Crippen LogP contribution in [0.5, 0.6) is 0 Å². The Balaban J connectivity index is 1.73. The van der Waals surface area contributed by atoms with Crippen LogP contribution in [0.2, 0.25) is 0 Å². The lowest BCUT2D eigenvalue weighted by Crippen LogP contribution is -2.36. The summed E-state index contributed by atoms with van der Waals surface area (Å²) in [5.41, 5.74) is 2.45. The number of hydrogen-bond acceptors (Lipinski definition) is 6. The highest BCUT2D eigenvalue weighted by Crippen LogP contribution is 2.20. The minimum Gasteiger partial charge on any atom is -0.377 e. The van der Waals surface area contributed by atoms with Crippen molar-refractivity contribution in [2.75, 3.05) is 50.1 Å². The van der Waals surface area contributed by atoms with E-state index in [2.05, 4.69) is 20.1 Å². The number of rotatable bonds is 3. The van der Waals surface area contributed by atoms with Crippen LogP contribution < -0.4 is 9.80 Å². The van der Waals surface area contributed by atoms with Gasteiger partial charge in [-0.15, -0.1) is 5.10 Å². The lowest BCUT2D eigenvalue weighted by atomic mass is 10.2. The summed E-state index contributed by atoms with van der Waals surface area (Å²) in [6, 6.07) is 5.83. The molecule has 0 aromatic carbocycles. The molecule has 1 saturated heterocycles. The maximum Gasteiger partial charge on any atom is 0.257 e. The summed E-state index contributed by atoms with van der Waals surface area (Å²) in [5.74, 6) is 0.906. The largest absolute Gasteiger partial charge is 0.377 e. The summed E-state index contributed by atoms with van der Waals surface area (Å²) in [6.07, 6.45) is 4.27. The maximum atomic E-state index is 13.0. The smallest absolute Gasteiger partial charge is 0.257 e. The summed E-state index contributed by atoms with van der Waals surface area (Å²) in [6.45, 7) is 4.94. The molecule has 0 spiro atoms. The van der Waals surface area contributed by atoms with E-state index in [-0.39, 0.29) is 5.91 Å². The van der Waals surface area contributed by atoms with Crippen molar-refractivity contribution in [1.29, 1.82) is 0 Å². The summed E-state index contributed by atoms with van der Waals surface area (Å²) in [4.78, 5) is 23.2. The SMILES string of the molecule is Cc1ccc(N2CCCN(C(=O)c3cnccc3N(C)C)CC2)nn1. The summed E-state index contributed by atoms with van der Waals surface area (Å²) in [7, 11) is 3.87. The Hall–Kier alpha value is -2.70. The molecule has 0 atom stereocenters. The molecule has 0 aliphatic carbocycles. The summed E-state index contributed by atoms with van der Waals surface area (Å²) < 4.78 is 0. The number of aromatic nitrogens is 3. The fourth-order valence-electron chi connectivity index (χ4n) is 3.02. The van der Waals surface area contributed by atoms with Crippen molar-refractivity contribution in [3.63, 3.8) is 0 Å². The van der Waals surface area contributed by atoms with Gasteiger partial charge in [-0.1, -0.05) is 0 Å². The Bertz CT molecular complexity index is 731. The second-order valence-corrected chi connectivity index (χ2v) is 6.45. The quantitative estimate of drug-likeness (QED) is 0.846. The Kier molecular flexibility index (Phi) is 5.11. The lowest BCUT2D eigenvalue weighted by molar-refractivity contribution is 0.0767. The third-order valence-corrected chi connectivity index (χ3v) is 4.40. The summed E-state index contributed by atoms with van der Waals surface area (Å²) in [5, 5.41) is 8.40. The molecular formula is C18H24N6O. The Morgan fingerprint density at radius 2 is 1.92 bits per heavy atom. The first-order chi connectivity index (χ1) is 12.1. The van der Waals surface area contributed by atoms with Gasteiger partial charge in [-0.05, 0) is 31.5 Å². The van der Waals surface area contributed by atoms with Gasteiger partial charge in [0.25, 0.3) is 5.91 Å². The molecule has 0 bridgehead atoms. The number of nitrogens with zero attached hydrogens (tertiary/aromatic N) is 6. The van der Waals surface area contributed by atoms with Crippen molar-refractivity contribution in [1.82, 2.24) is 20.1 Å². The molecule has 2 aromatic heterocycles. The molecular weight excluding hydrogens is 316 g/mol. The van der Waals surface area contributed by atoms with Gasteiger partial charge in [0.2, 0.25) is 0 Å². The molecule has 1 aliphatic rings. The van der Waals surface area contributed by atoms with E-state index in [1.165, 1.54) is 0 Å². The number of aryl methyl sites for hydroxylation is 1. The normalized spacial score (nSPS) is 15.0. The first-order valence-corrected chi connectivity index (χ1v) is 8.52. The molecule has 0 unspecified atom stereocenters. The zero-order chi connectivity index (χ0) is 17.8. The zero-order valence-corrected chi connectivity index (χ0v) is 15.0. The van der Waals surface area contributed by atoms with E-state index in [1.54, 1.807) is 12.4 Å². The van der Waals surface area contributed by atoms with Crippen molar-refractivity contribution < 1.29 is 4.79 Å². The van der Waals surface area contributed by atoms with E-state index in [0.717, 1.165) is 43.3 Å². The van der Waals surface area contributed by atoms with Gasteiger partial charge in [0, 0.05) is 52.7 Å². The average molecular weight is 340 g/mol. The molecule has 132 valence electrons. The highest BCUT2D eigenvalue weighted by Gasteiger charge is 2.23. The van der Waals surface area contributed by atoms with Crippen LogP contribution in [0.15, 0.2) is 30.6 Å². The third-order valence-electron chi connectivity index (χ3n) is 4.40. The number of anilines is 2. The first-order valence-electron chi connectivity index (χ1n) is 8.52. The predicted octanol–water partition coefficient (Wildman–Crippen LogP) is 1.60. The minimum absolute atomic E-state index is 0.0358. The van der Waals surface area contributed by atoms with E-state index in [4.69, 9.17) is 0 Å². The molecule has 0 N–H and O–H groups in total. The second-order valence-electron chi connectivity index (χ2n) is 6.45. The fourth-order valence-corrected chi connectivity index (χ4v) is 3.02. The molecule has 0 radical (unpaired) electrons. The zero-order valence-electron chi connectivity index (χ0n) is 15.0. The van der Waals surface area contributed by atoms with Gasteiger partial charge in [0.1, 0.15) is 0 Å². The first kappa shape index (κ1) is 17.1. The predicted molar refractivity (Wildman–Crippen MR) is 98.1 cm³/mol. The highest BCUT2D eigenvalue weighted by atomic mass is 16.2. The fraction of sp³-hybridized carbons (Fsp3) is 0.444. The molecule has 1 amide bonds. The average Bonchev–Trinajstić information content (AvgIpc) is 2.88. The molecule has 7 heteroatoms. The van der Waals surface area contributed by atoms with Gasteiger partial charge in [0.15, 0.2) is 5.82 Å². The topological polar surface area (TPSA) is 65.5 Å². The molecule has 2 aromatic rings. The number of carbonyl (C=O) groups is 1. The van der Waals surface area contributed by atoms with Crippen LogP contribution >= 0.6 is 0 Å². The minimum atomic E-state index is 0.0358. The number of amides is 1. The standard InChI is InChI=1S/C18H24N6O/c1-14-5-6-17(21-20-14)23-9-4-10-24(12-11-23)18(25)15-13-19-8-7-16(15)22(2)3/h5-8,13H,4,9-12H2,1-3H3. The van der Waals surface area contributed by atoms with Crippen molar-refractivity contribution >= 4 is 17.4 Å². The number of pyridine rings is 1. The van der Waals surface area contributed by atoms with Crippen molar-refractivity contribution in [3.05, 3.63) is 41.9 Å². The van der Waals surface area contributed by atoms with E-state index in [1.807, 2.05) is 49.0 Å². The maximum absolute atomic E-state index is 13.0. The van der Waals surface area contributed by atoms with E-state index in [9.17, 15) is 4.79 Å². The summed E-state index contributed by atoms with van der Waals surface area (Å²) >= 11 is 0. The van der Waals surface area contributed by atoms with Crippen LogP contribution in [0.3, 0.4) is 0 Å². The van der Waals surface area contributed by atoms with Gasteiger partial charge in [-0.3, -0.25) is 9.78 Å². The molecule has 7 nitrogen and oxygen atoms in total. The Morgan fingerprint density at radius 3 is 2.64 bits per heavy atom. The molecule has 1 fully saturated rings. The second kappa shape index (κ2) is 7.46. The van der Waals surface area contributed by atoms with Crippen molar-refractivity contribution in [3.8, 4) is 0 Å². The molecule has 3 rings (SSSR count). The Morgan fingerprint density at radius 1 is 1.08 bits per heavy atom. The van der Waals surface area contributed by atoms with E-state index < -0.39 is 0 Å². The molecule has 3 heterocycles. The van der Waals surface area contributed by atoms with Crippen LogP contribution in [0.1, 0.15) is 22.5 Å². The van der Waals surface area contributed by atoms with Crippen LogP contribution in [-0.4, -0.2) is 66.3 Å². The van der Waals surface area contributed by atoms with Gasteiger partial charge in [-0.2, -0.15) is 5.10 Å².